The van der Waals surface area contributed by atoms with Gasteiger partial charge in [0.25, 0.3) is 0 Å². The number of piperazine rings is 1. The van der Waals surface area contributed by atoms with Crippen molar-refractivity contribution in [3.8, 4) is 0 Å². The number of unbranched alkanes of at least 4 members (excludes halogenated alkanes) is 2. The van der Waals surface area contributed by atoms with Crippen molar-refractivity contribution in [2.24, 2.45) is 5.92 Å². The van der Waals surface area contributed by atoms with Crippen LogP contribution in [0.5, 0.6) is 0 Å². The van der Waals surface area contributed by atoms with Gasteiger partial charge < -0.3 is 20.0 Å². The molecule has 1 amide bonds. The molecule has 1 aromatic rings. The van der Waals surface area contributed by atoms with Crippen LogP contribution in [0.4, 0.5) is 5.69 Å². The molecule has 0 radical (unpaired) electrons. The molecule has 2 heterocycles. The summed E-state index contributed by atoms with van der Waals surface area (Å²) < 4.78 is 0. The first-order valence-electron chi connectivity index (χ1n) is 11.3. The van der Waals surface area contributed by atoms with E-state index in [1.807, 2.05) is 17.0 Å². The molecule has 0 aromatic carbocycles. The highest BCUT2D eigenvalue weighted by Crippen LogP contribution is 2.36. The Morgan fingerprint density at radius 3 is 2.33 bits per heavy atom. The molecule has 7 nitrogen and oxygen atoms in total. The monoisotopic (exact) mass is 417 g/mol. The van der Waals surface area contributed by atoms with E-state index >= 15 is 0 Å². The number of hydrogen-bond donors (Lipinski definition) is 2. The number of pyridine rings is 1. The van der Waals surface area contributed by atoms with Crippen molar-refractivity contribution in [1.82, 2.24) is 9.88 Å². The molecule has 7 heteroatoms. The van der Waals surface area contributed by atoms with Gasteiger partial charge >= 0.3 is 5.97 Å². The number of carbonyl (C=O) groups is 2. The predicted molar refractivity (Wildman–Crippen MR) is 115 cm³/mol. The molecule has 0 bridgehead atoms. The quantitative estimate of drug-likeness (QED) is 0.600. The van der Waals surface area contributed by atoms with Crippen molar-refractivity contribution in [3.63, 3.8) is 0 Å². The molecule has 30 heavy (non-hydrogen) atoms. The molecule has 1 saturated heterocycles. The van der Waals surface area contributed by atoms with Crippen LogP contribution in [0.25, 0.3) is 0 Å². The van der Waals surface area contributed by atoms with E-state index < -0.39 is 11.6 Å². The molecule has 3 rings (SSSR count). The van der Waals surface area contributed by atoms with E-state index in [9.17, 15) is 14.7 Å². The number of aliphatic hydroxyl groups is 1. The van der Waals surface area contributed by atoms with Crippen LogP contribution in [0.3, 0.4) is 0 Å². The van der Waals surface area contributed by atoms with Crippen LogP contribution in [0.2, 0.25) is 0 Å². The number of aliphatic carboxylic acids is 1. The second-order valence-corrected chi connectivity index (χ2v) is 8.91. The summed E-state index contributed by atoms with van der Waals surface area (Å²) in [5, 5.41) is 19.2. The van der Waals surface area contributed by atoms with E-state index in [1.54, 1.807) is 12.4 Å². The van der Waals surface area contributed by atoms with Crippen LogP contribution in [0.15, 0.2) is 24.5 Å². The lowest BCUT2D eigenvalue weighted by molar-refractivity contribution is -0.144. The van der Waals surface area contributed by atoms with Crippen LogP contribution >= 0.6 is 0 Å². The van der Waals surface area contributed by atoms with Gasteiger partial charge in [-0.05, 0) is 50.2 Å². The van der Waals surface area contributed by atoms with Crippen LogP contribution in [-0.4, -0.2) is 63.8 Å². The summed E-state index contributed by atoms with van der Waals surface area (Å²) in [4.78, 5) is 31.7. The lowest BCUT2D eigenvalue weighted by Gasteiger charge is -2.36. The van der Waals surface area contributed by atoms with Crippen molar-refractivity contribution in [2.45, 2.75) is 69.8 Å². The summed E-state index contributed by atoms with van der Waals surface area (Å²) >= 11 is 0. The van der Waals surface area contributed by atoms with Gasteiger partial charge in [-0.1, -0.05) is 19.3 Å². The van der Waals surface area contributed by atoms with E-state index in [0.29, 0.717) is 25.2 Å². The summed E-state index contributed by atoms with van der Waals surface area (Å²) in [7, 11) is 0. The van der Waals surface area contributed by atoms with E-state index in [2.05, 4.69) is 9.88 Å². The first kappa shape index (κ1) is 22.5. The second kappa shape index (κ2) is 10.8. The minimum Gasteiger partial charge on any atom is -0.481 e. The van der Waals surface area contributed by atoms with Crippen molar-refractivity contribution < 1.29 is 19.8 Å². The van der Waals surface area contributed by atoms with Crippen LogP contribution < -0.4 is 4.90 Å². The number of carbonyl (C=O) groups excluding carboxylic acids is 1. The maximum atomic E-state index is 12.5. The zero-order valence-electron chi connectivity index (χ0n) is 17.8. The fraction of sp³-hybridized carbons (Fsp3) is 0.696. The number of carboxylic acids is 1. The Labute approximate surface area is 179 Å². The molecular formula is C23H35N3O4. The minimum absolute atomic E-state index is 0.140. The summed E-state index contributed by atoms with van der Waals surface area (Å²) in [5.74, 6) is -0.0730. The normalized spacial score (nSPS) is 24.6. The van der Waals surface area contributed by atoms with Crippen LogP contribution in [0.1, 0.15) is 64.2 Å². The van der Waals surface area contributed by atoms with Gasteiger partial charge in [0.05, 0.1) is 12.0 Å². The molecule has 1 aliphatic heterocycles. The summed E-state index contributed by atoms with van der Waals surface area (Å²) in [6.07, 6.45) is 11.3. The van der Waals surface area contributed by atoms with Gasteiger partial charge in [-0.2, -0.15) is 0 Å². The molecule has 0 atom stereocenters. The molecule has 2 N–H and O–H groups in total. The highest BCUT2D eigenvalue weighted by molar-refractivity contribution is 5.76. The number of nitrogens with zero attached hydrogens (tertiary/aromatic N) is 3. The van der Waals surface area contributed by atoms with E-state index in [-0.39, 0.29) is 12.3 Å². The fourth-order valence-corrected chi connectivity index (χ4v) is 4.77. The number of carboxylic acid groups (broad SMARTS) is 1. The minimum atomic E-state index is -1.00. The van der Waals surface area contributed by atoms with Gasteiger partial charge in [-0.25, -0.2) is 0 Å². The van der Waals surface area contributed by atoms with Gasteiger partial charge in [-0.3, -0.25) is 14.6 Å². The van der Waals surface area contributed by atoms with Gasteiger partial charge in [-0.15, -0.1) is 0 Å². The Balaban J connectivity index is 1.25. The van der Waals surface area contributed by atoms with Gasteiger partial charge in [0.15, 0.2) is 0 Å². The Morgan fingerprint density at radius 2 is 1.70 bits per heavy atom. The summed E-state index contributed by atoms with van der Waals surface area (Å²) in [6, 6.07) is 4.02. The topological polar surface area (TPSA) is 94.0 Å². The molecule has 2 aliphatic rings. The number of amides is 1. The standard InChI is InChI=1S/C23H35N3O4/c27-21(26-16-14-25(15-17-26)20-8-12-24-13-9-20)5-3-1-2-4-19-6-10-23(30,11-7-19)18-22(28)29/h8-9,12-13,19,30H,1-7,10-11,14-18H2,(H,28,29). The third kappa shape index (κ3) is 6.69. The number of rotatable bonds is 9. The number of hydrogen-bond acceptors (Lipinski definition) is 5. The maximum absolute atomic E-state index is 12.5. The van der Waals surface area contributed by atoms with Crippen LogP contribution in [-0.2, 0) is 9.59 Å². The Bertz CT molecular complexity index is 681. The van der Waals surface area contributed by atoms with Crippen molar-refractivity contribution in [1.29, 1.82) is 0 Å². The van der Waals surface area contributed by atoms with Crippen molar-refractivity contribution in [2.75, 3.05) is 31.1 Å². The smallest absolute Gasteiger partial charge is 0.306 e. The Kier molecular flexibility index (Phi) is 8.08. The van der Waals surface area contributed by atoms with Gasteiger partial charge in [0, 0.05) is 50.7 Å². The fourth-order valence-electron chi connectivity index (χ4n) is 4.77. The van der Waals surface area contributed by atoms with Crippen LogP contribution in [0, 0.1) is 5.92 Å². The molecule has 0 unspecified atom stereocenters. The predicted octanol–water partition coefficient (Wildman–Crippen LogP) is 3.08. The highest BCUT2D eigenvalue weighted by Gasteiger charge is 2.34. The zero-order valence-corrected chi connectivity index (χ0v) is 17.8. The number of anilines is 1. The molecule has 1 aromatic heterocycles. The van der Waals surface area contributed by atoms with E-state index in [4.69, 9.17) is 5.11 Å². The lowest BCUT2D eigenvalue weighted by Crippen LogP contribution is -2.48. The van der Waals surface area contributed by atoms with Gasteiger partial charge in [0.2, 0.25) is 5.91 Å². The molecule has 1 aliphatic carbocycles. The second-order valence-electron chi connectivity index (χ2n) is 8.91. The average Bonchev–Trinajstić information content (AvgIpc) is 2.75. The first-order chi connectivity index (χ1) is 14.5. The van der Waals surface area contributed by atoms with Gasteiger partial charge in [0.1, 0.15) is 0 Å². The van der Waals surface area contributed by atoms with Crippen molar-refractivity contribution in [3.05, 3.63) is 24.5 Å². The summed E-state index contributed by atoms with van der Waals surface area (Å²) in [5.41, 5.74) is 0.164. The average molecular weight is 418 g/mol. The third-order valence-electron chi connectivity index (χ3n) is 6.68. The molecule has 2 fully saturated rings. The molecule has 1 saturated carbocycles. The molecule has 166 valence electrons. The first-order valence-corrected chi connectivity index (χ1v) is 11.3. The Morgan fingerprint density at radius 1 is 1.03 bits per heavy atom. The zero-order chi connectivity index (χ0) is 21.4. The SMILES string of the molecule is O=C(O)CC1(O)CCC(CCCCCC(=O)N2CCN(c3ccncc3)CC2)CC1. The maximum Gasteiger partial charge on any atom is 0.306 e. The summed E-state index contributed by atoms with van der Waals surface area (Å²) in [6.45, 7) is 3.29. The van der Waals surface area contributed by atoms with E-state index in [1.165, 1.54) is 5.69 Å². The highest BCUT2D eigenvalue weighted by atomic mass is 16.4. The third-order valence-corrected chi connectivity index (χ3v) is 6.68. The molecule has 0 spiro atoms. The largest absolute Gasteiger partial charge is 0.481 e. The van der Waals surface area contributed by atoms with Crippen molar-refractivity contribution >= 4 is 17.6 Å². The molecular weight excluding hydrogens is 382 g/mol. The Hall–Kier alpha value is -2.15. The van der Waals surface area contributed by atoms with E-state index in [0.717, 1.165) is 64.7 Å². The number of aromatic nitrogens is 1. The lowest BCUT2D eigenvalue weighted by atomic mass is 9.75.